The second-order valence-corrected chi connectivity index (χ2v) is 19.6. The van der Waals surface area contributed by atoms with Crippen molar-refractivity contribution in [3.8, 4) is 29.0 Å². The Kier molecular flexibility index (Phi) is 12.0. The van der Waals surface area contributed by atoms with Gasteiger partial charge in [0, 0.05) is 48.8 Å². The molecule has 6 aliphatic rings. The monoisotopic (exact) mass is 910 g/mol. The predicted octanol–water partition coefficient (Wildman–Crippen LogP) is 8.06. The molecule has 5 aromatic rings. The fourth-order valence-corrected chi connectivity index (χ4v) is 11.3. The first kappa shape index (κ1) is 44.2. The topological polar surface area (TPSA) is 144 Å². The summed E-state index contributed by atoms with van der Waals surface area (Å²) in [4.78, 5) is 48.6. The lowest BCUT2D eigenvalue weighted by molar-refractivity contribution is -0.0494. The third-order valence-corrected chi connectivity index (χ3v) is 14.3. The SMILES string of the molecule is CC(C)(C)OC(=O)N1[C@@H]2CC[C@H]1CN(c1nc(OCC34CCCN3CCC4)nc3c(F)c(-c4ccccc4OC(F)F)ncc13)C2.c1cc2nc(OCC34CCCN3CCC4)ncc2cn1. The van der Waals surface area contributed by atoms with Gasteiger partial charge in [0.2, 0.25) is 0 Å². The number of anilines is 1. The van der Waals surface area contributed by atoms with Gasteiger partial charge in [0.1, 0.15) is 41.6 Å². The van der Waals surface area contributed by atoms with E-state index in [1.807, 2.05) is 36.6 Å². The van der Waals surface area contributed by atoms with Crippen LogP contribution in [0.25, 0.3) is 33.1 Å². The molecule has 6 saturated heterocycles. The molecule has 18 heteroatoms. The number of para-hydroxylation sites is 1. The molecule has 0 saturated carbocycles. The molecular weight excluding hydrogens is 854 g/mol. The van der Waals surface area contributed by atoms with Gasteiger partial charge in [0.15, 0.2) is 5.82 Å². The second-order valence-electron chi connectivity index (χ2n) is 19.6. The maximum atomic E-state index is 16.5. The summed E-state index contributed by atoms with van der Waals surface area (Å²) in [5, 5.41) is 1.31. The molecule has 10 heterocycles. The number of aromatic nitrogens is 6. The van der Waals surface area contributed by atoms with Crippen molar-refractivity contribution in [1.82, 2.24) is 44.6 Å². The predicted molar refractivity (Wildman–Crippen MR) is 240 cm³/mol. The first-order valence-corrected chi connectivity index (χ1v) is 23.4. The van der Waals surface area contributed by atoms with E-state index in [9.17, 15) is 13.6 Å². The number of carbonyl (C=O) groups excluding carboxylic acids is 1. The number of hydrogen-bond donors (Lipinski definition) is 0. The Labute approximate surface area is 382 Å². The largest absolute Gasteiger partial charge is 0.461 e. The van der Waals surface area contributed by atoms with E-state index < -0.39 is 18.0 Å². The minimum Gasteiger partial charge on any atom is -0.461 e. The van der Waals surface area contributed by atoms with Gasteiger partial charge in [0.05, 0.1) is 34.1 Å². The molecule has 4 aromatic heterocycles. The summed E-state index contributed by atoms with van der Waals surface area (Å²) in [5.74, 6) is -0.512. The molecule has 0 aliphatic carbocycles. The van der Waals surface area contributed by atoms with Crippen LogP contribution in [-0.4, -0.2) is 139 Å². The van der Waals surface area contributed by atoms with Crippen molar-refractivity contribution in [2.45, 2.75) is 120 Å². The minimum absolute atomic E-state index is 0.0223. The molecule has 66 heavy (non-hydrogen) atoms. The molecule has 6 fully saturated rings. The van der Waals surface area contributed by atoms with Crippen LogP contribution in [0.1, 0.15) is 85.0 Å². The number of alkyl halides is 2. The van der Waals surface area contributed by atoms with Crippen molar-refractivity contribution in [3.63, 3.8) is 0 Å². The Morgan fingerprint density at radius 1 is 0.803 bits per heavy atom. The number of fused-ring (bicyclic) bond motifs is 6. The van der Waals surface area contributed by atoms with Gasteiger partial charge in [-0.25, -0.2) is 14.2 Å². The van der Waals surface area contributed by atoms with E-state index in [0.717, 1.165) is 62.5 Å². The number of ether oxygens (including phenoxy) is 4. The highest BCUT2D eigenvalue weighted by Crippen LogP contribution is 2.42. The molecule has 2 atom stereocenters. The fourth-order valence-electron chi connectivity index (χ4n) is 11.3. The number of hydrogen-bond acceptors (Lipinski definition) is 14. The van der Waals surface area contributed by atoms with Crippen LogP contribution in [0.2, 0.25) is 0 Å². The Morgan fingerprint density at radius 2 is 1.44 bits per heavy atom. The number of piperazine rings is 1. The normalized spacial score (nSPS) is 22.1. The Hall–Kier alpha value is -5.62. The first-order chi connectivity index (χ1) is 31.9. The number of rotatable bonds is 10. The van der Waals surface area contributed by atoms with Gasteiger partial charge in [-0.1, -0.05) is 12.1 Å². The van der Waals surface area contributed by atoms with Crippen molar-refractivity contribution >= 4 is 33.7 Å². The first-order valence-electron chi connectivity index (χ1n) is 23.4. The lowest BCUT2D eigenvalue weighted by atomic mass is 9.95. The summed E-state index contributed by atoms with van der Waals surface area (Å²) in [6.45, 7) is 8.98. The molecule has 2 bridgehead atoms. The third-order valence-electron chi connectivity index (χ3n) is 14.3. The molecule has 0 radical (unpaired) electrons. The van der Waals surface area contributed by atoms with E-state index in [-0.39, 0.29) is 57.8 Å². The number of nitrogens with zero attached hydrogens (tertiary/aromatic N) is 10. The van der Waals surface area contributed by atoms with Gasteiger partial charge < -0.3 is 23.8 Å². The summed E-state index contributed by atoms with van der Waals surface area (Å²) in [5.41, 5.74) is 0.339. The van der Waals surface area contributed by atoms with Crippen LogP contribution in [0.15, 0.2) is 55.1 Å². The van der Waals surface area contributed by atoms with Crippen LogP contribution in [0.3, 0.4) is 0 Å². The Bertz CT molecular complexity index is 2550. The van der Waals surface area contributed by atoms with Crippen LogP contribution in [0.4, 0.5) is 23.8 Å². The number of carbonyl (C=O) groups is 1. The van der Waals surface area contributed by atoms with Crippen LogP contribution in [0.5, 0.6) is 17.8 Å². The number of halogens is 3. The quantitative estimate of drug-likeness (QED) is 0.133. The highest BCUT2D eigenvalue weighted by Gasteiger charge is 2.47. The minimum atomic E-state index is -3.08. The van der Waals surface area contributed by atoms with Gasteiger partial charge in [-0.15, -0.1) is 0 Å². The molecule has 15 nitrogen and oxygen atoms in total. The summed E-state index contributed by atoms with van der Waals surface area (Å²) in [7, 11) is 0. The molecule has 0 N–H and O–H groups in total. The van der Waals surface area contributed by atoms with E-state index in [1.165, 1.54) is 63.2 Å². The summed E-state index contributed by atoms with van der Waals surface area (Å²) in [6.07, 6.45) is 17.3. The average Bonchev–Trinajstić information content (AvgIpc) is 4.12. The summed E-state index contributed by atoms with van der Waals surface area (Å²) < 4.78 is 65.5. The highest BCUT2D eigenvalue weighted by molar-refractivity contribution is 5.92. The van der Waals surface area contributed by atoms with Gasteiger partial charge >= 0.3 is 24.7 Å². The van der Waals surface area contributed by atoms with Crippen molar-refractivity contribution < 1.29 is 36.9 Å². The molecule has 6 aliphatic heterocycles. The maximum absolute atomic E-state index is 16.5. The second kappa shape index (κ2) is 17.9. The van der Waals surface area contributed by atoms with E-state index in [1.54, 1.807) is 24.7 Å². The molecule has 1 amide bonds. The van der Waals surface area contributed by atoms with Crippen LogP contribution in [-0.2, 0) is 4.74 Å². The molecule has 11 rings (SSSR count). The van der Waals surface area contributed by atoms with Gasteiger partial charge in [-0.05, 0) is 129 Å². The molecule has 0 spiro atoms. The zero-order valence-corrected chi connectivity index (χ0v) is 37.8. The average molecular weight is 911 g/mol. The van der Waals surface area contributed by atoms with E-state index in [2.05, 4.69) is 39.5 Å². The molecular formula is C48H57F3N10O5. The van der Waals surface area contributed by atoms with Gasteiger partial charge in [-0.3, -0.25) is 24.7 Å². The van der Waals surface area contributed by atoms with E-state index >= 15 is 4.39 Å². The fraction of sp³-hybridized carbons (Fsp3) is 0.562. The zero-order valence-electron chi connectivity index (χ0n) is 37.8. The van der Waals surface area contributed by atoms with E-state index in [0.29, 0.717) is 43.5 Å². The zero-order chi connectivity index (χ0) is 45.6. The van der Waals surface area contributed by atoms with Gasteiger partial charge in [-0.2, -0.15) is 23.7 Å². The van der Waals surface area contributed by atoms with Crippen molar-refractivity contribution in [2.24, 2.45) is 0 Å². The summed E-state index contributed by atoms with van der Waals surface area (Å²) in [6, 6.07) is 8.17. The maximum Gasteiger partial charge on any atom is 0.410 e. The third kappa shape index (κ3) is 8.73. The molecule has 1 aromatic carbocycles. The smallest absolute Gasteiger partial charge is 0.410 e. The van der Waals surface area contributed by atoms with Crippen LogP contribution < -0.4 is 19.1 Å². The lowest BCUT2D eigenvalue weighted by Gasteiger charge is -2.42. The van der Waals surface area contributed by atoms with Crippen molar-refractivity contribution in [3.05, 3.63) is 60.9 Å². The lowest BCUT2D eigenvalue weighted by Crippen LogP contribution is -2.57. The number of amides is 1. The standard InChI is InChI=1S/C33H39F3N6O4.C15H18N4O/c1-32(2,3)46-31(43)42-20-10-11-21(42)18-40(17-20)28-23-16-37-26(22-8-4-5-9-24(22)45-29(35)36)25(34)27(23)38-30(39-28)44-19-33-12-6-14-41(33)15-7-13-33;1-4-15(5-2-8-19(15)7-1)11-20-14-17-10-12-9-16-6-3-13(12)18-14/h4-5,8-9,16,20-21,29H,6-7,10-15,17-19H2,1-3H3;3,6,9-10H,1-2,4-5,7-8,11H2/t20-,21+;. The number of pyridine rings is 2. The van der Waals surface area contributed by atoms with Crippen LogP contribution >= 0.6 is 0 Å². The van der Waals surface area contributed by atoms with E-state index in [4.69, 9.17) is 19.2 Å². The highest BCUT2D eigenvalue weighted by atomic mass is 19.3. The Morgan fingerprint density at radius 3 is 2.08 bits per heavy atom. The van der Waals surface area contributed by atoms with Crippen molar-refractivity contribution in [2.75, 3.05) is 57.4 Å². The number of benzene rings is 1. The van der Waals surface area contributed by atoms with Gasteiger partial charge in [0.25, 0.3) is 0 Å². The van der Waals surface area contributed by atoms with Crippen molar-refractivity contribution in [1.29, 1.82) is 0 Å². The van der Waals surface area contributed by atoms with Crippen LogP contribution in [0, 0.1) is 5.82 Å². The Balaban J connectivity index is 0.000000211. The molecule has 350 valence electrons. The molecule has 0 unspecified atom stereocenters. The summed E-state index contributed by atoms with van der Waals surface area (Å²) >= 11 is 0.